The minimum Gasteiger partial charge on any atom is -0.470 e. The van der Waals surface area contributed by atoms with Gasteiger partial charge in [-0.25, -0.2) is 4.79 Å². The van der Waals surface area contributed by atoms with Crippen LogP contribution in [0.1, 0.15) is 22.3 Å². The van der Waals surface area contributed by atoms with Crippen LogP contribution in [0.3, 0.4) is 0 Å². The van der Waals surface area contributed by atoms with Crippen LogP contribution in [0.2, 0.25) is 0 Å². The maximum absolute atomic E-state index is 12.0. The van der Waals surface area contributed by atoms with Crippen molar-refractivity contribution in [1.29, 1.82) is 0 Å². The Balaban J connectivity index is 1.85. The highest BCUT2D eigenvalue weighted by molar-refractivity contribution is 8.22. The average Bonchev–Trinajstić information content (AvgIpc) is 2.95. The lowest BCUT2D eigenvalue weighted by atomic mass is 10.1. The molecule has 0 aromatic heterocycles. The van der Waals surface area contributed by atoms with E-state index in [1.54, 1.807) is 19.2 Å². The van der Waals surface area contributed by atoms with Gasteiger partial charge < -0.3 is 18.9 Å². The van der Waals surface area contributed by atoms with Crippen LogP contribution >= 0.6 is 24.0 Å². The molecule has 2 rings (SSSR count). The minimum absolute atomic E-state index is 0.151. The number of thioether (sulfide) groups is 1. The number of carbonyl (C=O) groups is 1. The summed E-state index contributed by atoms with van der Waals surface area (Å²) in [4.78, 5) is 12.0. The van der Waals surface area contributed by atoms with E-state index in [1.165, 1.54) is 11.8 Å². The molecule has 7 heteroatoms. The topological polar surface area (TPSA) is 54.0 Å². The Morgan fingerprint density at radius 1 is 1.39 bits per heavy atom. The van der Waals surface area contributed by atoms with Crippen molar-refractivity contribution < 1.29 is 23.7 Å². The molecular weight excluding hydrogens is 336 g/mol. The molecule has 0 saturated carbocycles. The van der Waals surface area contributed by atoms with Gasteiger partial charge in [-0.2, -0.15) is 0 Å². The molecule has 0 spiro atoms. The summed E-state index contributed by atoms with van der Waals surface area (Å²) in [5.74, 6) is -0.369. The maximum atomic E-state index is 12.0. The van der Waals surface area contributed by atoms with Crippen molar-refractivity contribution in [3.8, 4) is 0 Å². The molecule has 0 N–H and O–H groups in total. The first-order valence-electron chi connectivity index (χ1n) is 7.20. The lowest BCUT2D eigenvalue weighted by Gasteiger charge is -2.17. The van der Waals surface area contributed by atoms with Crippen LogP contribution in [-0.2, 0) is 18.9 Å². The van der Waals surface area contributed by atoms with Crippen LogP contribution < -0.4 is 0 Å². The van der Waals surface area contributed by atoms with Gasteiger partial charge in [-0.15, -0.1) is 0 Å². The fraction of sp³-hybridized carbons (Fsp3) is 0.500. The predicted octanol–water partition coefficient (Wildman–Crippen LogP) is 2.95. The van der Waals surface area contributed by atoms with Crippen molar-refractivity contribution in [2.24, 2.45) is 0 Å². The van der Waals surface area contributed by atoms with Crippen LogP contribution in [0.5, 0.6) is 0 Å². The zero-order valence-corrected chi connectivity index (χ0v) is 14.9. The Labute approximate surface area is 145 Å². The summed E-state index contributed by atoms with van der Waals surface area (Å²) >= 11 is 6.41. The number of ether oxygens (including phenoxy) is 4. The average molecular weight is 356 g/mol. The van der Waals surface area contributed by atoms with Crippen molar-refractivity contribution >= 4 is 34.3 Å². The molecule has 0 bridgehead atoms. The zero-order valence-electron chi connectivity index (χ0n) is 13.3. The quantitative estimate of drug-likeness (QED) is 0.594. The SMILES string of the molecule is COC1OC(COC(=O)c2ccc(C)cc2)C[C@H]1OC(=S)SC. The number of benzene rings is 1. The molecule has 5 nitrogen and oxygen atoms in total. The highest BCUT2D eigenvalue weighted by Crippen LogP contribution is 2.25. The van der Waals surface area contributed by atoms with Crippen molar-refractivity contribution in [2.75, 3.05) is 20.0 Å². The summed E-state index contributed by atoms with van der Waals surface area (Å²) < 4.78 is 22.3. The molecule has 3 atom stereocenters. The smallest absolute Gasteiger partial charge is 0.338 e. The van der Waals surface area contributed by atoms with E-state index in [0.717, 1.165) is 5.56 Å². The van der Waals surface area contributed by atoms with Gasteiger partial charge in [-0.05, 0) is 37.5 Å². The van der Waals surface area contributed by atoms with Gasteiger partial charge >= 0.3 is 5.97 Å². The number of esters is 1. The van der Waals surface area contributed by atoms with E-state index in [4.69, 9.17) is 31.2 Å². The number of hydrogen-bond acceptors (Lipinski definition) is 7. The van der Waals surface area contributed by atoms with Gasteiger partial charge in [0.1, 0.15) is 6.61 Å². The third-order valence-corrected chi connectivity index (χ3v) is 4.49. The monoisotopic (exact) mass is 356 g/mol. The number of rotatable bonds is 5. The summed E-state index contributed by atoms with van der Waals surface area (Å²) in [5, 5.41) is 0. The molecule has 0 radical (unpaired) electrons. The summed E-state index contributed by atoms with van der Waals surface area (Å²) in [5.41, 5.74) is 1.61. The number of hydrogen-bond donors (Lipinski definition) is 0. The molecule has 0 aliphatic carbocycles. The molecular formula is C16H20O5S2. The van der Waals surface area contributed by atoms with Crippen molar-refractivity contribution in [3.63, 3.8) is 0 Å². The third kappa shape index (κ3) is 5.17. The maximum Gasteiger partial charge on any atom is 0.338 e. The van der Waals surface area contributed by atoms with Crippen LogP contribution in [-0.4, -0.2) is 48.8 Å². The Morgan fingerprint density at radius 3 is 2.70 bits per heavy atom. The number of methoxy groups -OCH3 is 1. The standard InChI is InChI=1S/C16H20O5S2/c1-10-4-6-11(7-5-10)14(17)19-9-12-8-13(15(18-2)20-12)21-16(22)23-3/h4-7,12-13,15H,8-9H2,1-3H3/t12?,13-,15?/m1/s1. The molecule has 1 heterocycles. The van der Waals surface area contributed by atoms with Gasteiger partial charge in [-0.1, -0.05) is 29.5 Å². The third-order valence-electron chi connectivity index (χ3n) is 3.46. The van der Waals surface area contributed by atoms with Crippen molar-refractivity contribution in [2.45, 2.75) is 31.8 Å². The Kier molecular flexibility index (Phi) is 6.83. The fourth-order valence-electron chi connectivity index (χ4n) is 2.23. The Morgan fingerprint density at radius 2 is 2.09 bits per heavy atom. The summed E-state index contributed by atoms with van der Waals surface area (Å²) in [7, 11) is 1.55. The van der Waals surface area contributed by atoms with E-state index in [1.807, 2.05) is 25.3 Å². The highest BCUT2D eigenvalue weighted by Gasteiger charge is 2.38. The zero-order chi connectivity index (χ0) is 16.8. The molecule has 1 aliphatic heterocycles. The van der Waals surface area contributed by atoms with Crippen molar-refractivity contribution in [1.82, 2.24) is 0 Å². The molecule has 2 unspecified atom stereocenters. The van der Waals surface area contributed by atoms with Crippen LogP contribution in [0.15, 0.2) is 24.3 Å². The van der Waals surface area contributed by atoms with Gasteiger partial charge in [0, 0.05) is 13.5 Å². The van der Waals surface area contributed by atoms with Gasteiger partial charge in [0.2, 0.25) is 4.38 Å². The molecule has 1 aromatic carbocycles. The normalized spacial score (nSPS) is 23.5. The predicted molar refractivity (Wildman–Crippen MR) is 92.7 cm³/mol. The van der Waals surface area contributed by atoms with Crippen molar-refractivity contribution in [3.05, 3.63) is 35.4 Å². The lowest BCUT2D eigenvalue weighted by Crippen LogP contribution is -2.27. The molecule has 0 amide bonds. The van der Waals surface area contributed by atoms with Gasteiger partial charge in [0.25, 0.3) is 0 Å². The largest absolute Gasteiger partial charge is 0.470 e. The second-order valence-electron chi connectivity index (χ2n) is 5.17. The minimum atomic E-state index is -0.511. The molecule has 1 aromatic rings. The van der Waals surface area contributed by atoms with E-state index in [-0.39, 0.29) is 24.8 Å². The Hall–Kier alpha value is -1.15. The molecule has 126 valence electrons. The van der Waals surface area contributed by atoms with Crippen LogP contribution in [0.4, 0.5) is 0 Å². The molecule has 1 saturated heterocycles. The van der Waals surface area contributed by atoms with Crippen LogP contribution in [0.25, 0.3) is 0 Å². The van der Waals surface area contributed by atoms with Crippen LogP contribution in [0, 0.1) is 6.92 Å². The lowest BCUT2D eigenvalue weighted by molar-refractivity contribution is -0.150. The number of aryl methyl sites for hydroxylation is 1. The van der Waals surface area contributed by atoms with Gasteiger partial charge in [0.15, 0.2) is 12.4 Å². The highest BCUT2D eigenvalue weighted by atomic mass is 32.2. The Bertz CT molecular complexity index is 546. The second-order valence-corrected chi connectivity index (χ2v) is 6.58. The fourth-order valence-corrected chi connectivity index (χ4v) is 2.58. The first-order chi connectivity index (χ1) is 11.0. The van der Waals surface area contributed by atoms with E-state index in [0.29, 0.717) is 16.4 Å². The van der Waals surface area contributed by atoms with Gasteiger partial charge in [-0.3, -0.25) is 0 Å². The van der Waals surface area contributed by atoms with E-state index in [2.05, 4.69) is 0 Å². The first-order valence-corrected chi connectivity index (χ1v) is 8.83. The summed E-state index contributed by atoms with van der Waals surface area (Å²) in [6.07, 6.45) is 1.33. The van der Waals surface area contributed by atoms with E-state index >= 15 is 0 Å². The van der Waals surface area contributed by atoms with E-state index < -0.39 is 6.29 Å². The molecule has 1 fully saturated rings. The number of carbonyl (C=O) groups excluding carboxylic acids is 1. The second kappa shape index (κ2) is 8.63. The number of thiocarbonyl (C=S) groups is 1. The first kappa shape index (κ1) is 18.2. The van der Waals surface area contributed by atoms with E-state index in [9.17, 15) is 4.79 Å². The summed E-state index contributed by atoms with van der Waals surface area (Å²) in [6, 6.07) is 7.23. The molecule has 23 heavy (non-hydrogen) atoms. The summed E-state index contributed by atoms with van der Waals surface area (Å²) in [6.45, 7) is 2.12. The molecule has 1 aliphatic rings. The van der Waals surface area contributed by atoms with Gasteiger partial charge in [0.05, 0.1) is 11.7 Å².